The monoisotopic (exact) mass is 563 g/mol. The normalized spacial score (nSPS) is 19.3. The average Bonchev–Trinajstić information content (AvgIpc) is 3.34. The van der Waals surface area contributed by atoms with E-state index in [2.05, 4.69) is 22.2 Å². The molecule has 0 bridgehead atoms. The van der Waals surface area contributed by atoms with Crippen LogP contribution in [-0.2, 0) is 11.3 Å². The van der Waals surface area contributed by atoms with E-state index in [0.717, 1.165) is 18.2 Å². The zero-order valence-corrected chi connectivity index (χ0v) is 23.1. The molecule has 1 saturated heterocycles. The molecule has 0 radical (unpaired) electrons. The highest BCUT2D eigenvalue weighted by atomic mass is 19.2. The van der Waals surface area contributed by atoms with Crippen LogP contribution in [0.3, 0.4) is 0 Å². The molecule has 4 atom stereocenters. The van der Waals surface area contributed by atoms with Crippen LogP contribution in [0.25, 0.3) is 5.70 Å². The van der Waals surface area contributed by atoms with Crippen LogP contribution in [0.5, 0.6) is 0 Å². The van der Waals surface area contributed by atoms with Crippen LogP contribution in [0.4, 0.5) is 17.7 Å². The number of aliphatic hydroxyl groups is 1. The first-order valence-electron chi connectivity index (χ1n) is 13.1. The second kappa shape index (κ2) is 13.4. The fraction of sp³-hybridized carbons (Fsp3) is 0.448. The van der Waals surface area contributed by atoms with Crippen LogP contribution in [0.15, 0.2) is 54.0 Å². The number of aliphatic hydroxyl groups excluding tert-OH is 1. The summed E-state index contributed by atoms with van der Waals surface area (Å²) in [6.45, 7) is 11.6. The van der Waals surface area contributed by atoms with Crippen molar-refractivity contribution in [3.63, 3.8) is 0 Å². The van der Waals surface area contributed by atoms with Crippen LogP contribution in [0, 0.1) is 28.8 Å². The van der Waals surface area contributed by atoms with E-state index in [1.807, 2.05) is 20.8 Å². The number of aliphatic imine (C=N–C) groups is 1. The number of hydrogen-bond acceptors (Lipinski definition) is 5. The number of rotatable bonds is 10. The average molecular weight is 564 g/mol. The number of carbonyl (C=O) groups is 1. The van der Waals surface area contributed by atoms with Crippen LogP contribution in [0.1, 0.15) is 38.8 Å². The first-order chi connectivity index (χ1) is 18.8. The lowest BCUT2D eigenvalue weighted by Gasteiger charge is -2.43. The Morgan fingerprint density at radius 1 is 1.18 bits per heavy atom. The van der Waals surface area contributed by atoms with Gasteiger partial charge in [-0.25, -0.2) is 13.2 Å². The molecule has 1 amide bonds. The van der Waals surface area contributed by atoms with Crippen molar-refractivity contribution < 1.29 is 27.6 Å². The molecular weight excluding hydrogens is 526 g/mol. The third-order valence-corrected chi connectivity index (χ3v) is 6.80. The number of halogens is 4. The molecule has 2 aromatic carbocycles. The van der Waals surface area contributed by atoms with Crippen molar-refractivity contribution in [1.29, 1.82) is 0 Å². The van der Waals surface area contributed by atoms with Gasteiger partial charge in [0.2, 0.25) is 0 Å². The maximum Gasteiger partial charge on any atom is 0.251 e. The molecule has 1 heterocycles. The van der Waals surface area contributed by atoms with Gasteiger partial charge in [-0.3, -0.25) is 9.79 Å². The van der Waals surface area contributed by atoms with Crippen molar-refractivity contribution >= 4 is 17.4 Å². The third kappa shape index (κ3) is 7.89. The Balaban J connectivity index is 2.11. The lowest BCUT2D eigenvalue weighted by molar-refractivity contribution is -0.143. The summed E-state index contributed by atoms with van der Waals surface area (Å²) in [5, 5.41) is 16.4. The minimum absolute atomic E-state index is 0.0120. The van der Waals surface area contributed by atoms with Crippen LogP contribution < -0.4 is 16.2 Å². The first kappa shape index (κ1) is 31.3. The fourth-order valence-electron chi connectivity index (χ4n) is 4.85. The lowest BCUT2D eigenvalue weighted by atomic mass is 9.83. The molecule has 0 aromatic heterocycles. The maximum absolute atomic E-state index is 14.6. The van der Waals surface area contributed by atoms with Gasteiger partial charge in [-0.1, -0.05) is 39.5 Å². The van der Waals surface area contributed by atoms with Crippen molar-refractivity contribution in [2.24, 2.45) is 16.3 Å². The molecule has 1 aliphatic rings. The van der Waals surface area contributed by atoms with Crippen molar-refractivity contribution in [3.8, 4) is 0 Å². The number of amidine groups is 1. The molecule has 11 heteroatoms. The largest absolute Gasteiger partial charge is 0.384 e. The summed E-state index contributed by atoms with van der Waals surface area (Å²) in [4.78, 5) is 19.6. The Morgan fingerprint density at radius 2 is 1.88 bits per heavy atom. The number of nitrogens with zero attached hydrogens (tertiary/aromatic N) is 2. The number of nitrogens with one attached hydrogen (secondary N) is 3. The molecule has 3 unspecified atom stereocenters. The van der Waals surface area contributed by atoms with Gasteiger partial charge in [-0.15, -0.1) is 4.48 Å². The van der Waals surface area contributed by atoms with Crippen LogP contribution in [0.2, 0.25) is 0 Å². The minimum Gasteiger partial charge on any atom is -0.384 e. The summed E-state index contributed by atoms with van der Waals surface area (Å²) >= 11 is 0. The topological polar surface area (TPSA) is 89.0 Å². The molecule has 4 N–H and O–H groups in total. The SMILES string of the molecule is C=C(NC(=NCc1cccc(F)c1)C(N(CC1CNCC1NF)C(=O)[C@H](C)O)C(C)(C)C)c1cc(F)ccc1F. The second-order valence-corrected chi connectivity index (χ2v) is 11.1. The summed E-state index contributed by atoms with van der Waals surface area (Å²) in [6.07, 6.45) is -1.38. The molecule has 0 aliphatic carbocycles. The molecule has 3 rings (SSSR count). The van der Waals surface area contributed by atoms with E-state index in [1.165, 1.54) is 30.0 Å². The van der Waals surface area contributed by atoms with Crippen LogP contribution in [-0.4, -0.2) is 59.6 Å². The number of benzene rings is 2. The molecule has 0 spiro atoms. The Hall–Kier alpha value is -3.28. The van der Waals surface area contributed by atoms with Gasteiger partial charge in [0, 0.05) is 36.8 Å². The van der Waals surface area contributed by atoms with Gasteiger partial charge in [0.1, 0.15) is 29.4 Å². The Morgan fingerprint density at radius 3 is 2.50 bits per heavy atom. The van der Waals surface area contributed by atoms with Gasteiger partial charge < -0.3 is 20.6 Å². The molecule has 2 aromatic rings. The molecule has 1 aliphatic heterocycles. The van der Waals surface area contributed by atoms with Gasteiger partial charge in [-0.05, 0) is 48.2 Å². The van der Waals surface area contributed by atoms with Crippen molar-refractivity contribution in [1.82, 2.24) is 21.1 Å². The summed E-state index contributed by atoms with van der Waals surface area (Å²) in [7, 11) is 0. The van der Waals surface area contributed by atoms with E-state index in [9.17, 15) is 27.6 Å². The number of hydrogen-bond donors (Lipinski definition) is 4. The smallest absolute Gasteiger partial charge is 0.251 e. The summed E-state index contributed by atoms with van der Waals surface area (Å²) in [6, 6.07) is 7.34. The highest BCUT2D eigenvalue weighted by Gasteiger charge is 2.41. The molecular formula is C29H37F4N5O2. The summed E-state index contributed by atoms with van der Waals surface area (Å²) < 4.78 is 56.1. The maximum atomic E-state index is 14.6. The van der Waals surface area contributed by atoms with Gasteiger partial charge in [0.05, 0.1) is 18.6 Å². The highest BCUT2D eigenvalue weighted by Crippen LogP contribution is 2.29. The van der Waals surface area contributed by atoms with Gasteiger partial charge in [0.25, 0.3) is 5.91 Å². The van der Waals surface area contributed by atoms with Gasteiger partial charge >= 0.3 is 0 Å². The van der Waals surface area contributed by atoms with Crippen molar-refractivity contribution in [3.05, 3.63) is 77.6 Å². The third-order valence-electron chi connectivity index (χ3n) is 6.80. The Labute approximate surface area is 232 Å². The molecule has 1 fully saturated rings. The Kier molecular flexibility index (Phi) is 10.5. The molecule has 40 heavy (non-hydrogen) atoms. The van der Waals surface area contributed by atoms with Crippen molar-refractivity contribution in [2.75, 3.05) is 19.6 Å². The predicted molar refractivity (Wildman–Crippen MR) is 147 cm³/mol. The Bertz CT molecular complexity index is 1230. The van der Waals surface area contributed by atoms with E-state index in [1.54, 1.807) is 11.6 Å². The van der Waals surface area contributed by atoms with Gasteiger partial charge in [-0.2, -0.15) is 5.54 Å². The van der Waals surface area contributed by atoms with E-state index < -0.39 is 47.0 Å². The van der Waals surface area contributed by atoms with E-state index in [0.29, 0.717) is 18.7 Å². The highest BCUT2D eigenvalue weighted by molar-refractivity contribution is 5.97. The predicted octanol–water partition coefficient (Wildman–Crippen LogP) is 3.95. The lowest BCUT2D eigenvalue weighted by Crippen LogP contribution is -2.59. The first-order valence-corrected chi connectivity index (χ1v) is 13.1. The standard InChI is InChI=1S/C29H37F4N5O2/c1-17(23-12-22(31)9-10-24(23)32)36-27(35-13-19-7-6-8-21(30)11-19)26(29(3,4)5)38(28(40)18(2)39)16-20-14-34-15-25(20)37-33/h6-12,18,20,25-26,34,37,39H,1,13-16H2,2-5H3,(H,35,36)/t18-,20?,25?,26?/m0/s1. The van der Waals surface area contributed by atoms with Crippen molar-refractivity contribution in [2.45, 2.75) is 52.4 Å². The number of carbonyl (C=O) groups excluding carboxylic acids is 1. The number of amides is 1. The zero-order valence-electron chi connectivity index (χ0n) is 23.1. The summed E-state index contributed by atoms with van der Waals surface area (Å²) in [5.41, 5.74) is 1.42. The zero-order chi connectivity index (χ0) is 29.6. The second-order valence-electron chi connectivity index (χ2n) is 11.1. The van der Waals surface area contributed by atoms with Crippen LogP contribution >= 0.6 is 0 Å². The molecule has 218 valence electrons. The van der Waals surface area contributed by atoms with E-state index in [4.69, 9.17) is 0 Å². The molecule has 7 nitrogen and oxygen atoms in total. The fourth-order valence-corrected chi connectivity index (χ4v) is 4.85. The summed E-state index contributed by atoms with van der Waals surface area (Å²) in [5.74, 6) is -2.64. The van der Waals surface area contributed by atoms with E-state index in [-0.39, 0.29) is 36.1 Å². The minimum atomic E-state index is -1.38. The van der Waals surface area contributed by atoms with E-state index >= 15 is 0 Å². The van der Waals surface area contributed by atoms with Gasteiger partial charge in [0.15, 0.2) is 0 Å². The quantitative estimate of drug-likeness (QED) is 0.152. The molecule has 0 saturated carbocycles.